The molecular formula is C70H136O17P2. The molecule has 2 unspecified atom stereocenters. The van der Waals surface area contributed by atoms with E-state index in [1.807, 2.05) is 0 Å². The molecule has 0 aliphatic carbocycles. The first-order valence-electron chi connectivity index (χ1n) is 36.6. The molecule has 0 aromatic rings. The lowest BCUT2D eigenvalue weighted by Gasteiger charge is -2.21. The number of unbranched alkanes of at least 4 members (excludes halogenated alkanes) is 42. The van der Waals surface area contributed by atoms with Crippen LogP contribution in [0.3, 0.4) is 0 Å². The van der Waals surface area contributed by atoms with Crippen LogP contribution in [0, 0.1) is 5.92 Å². The van der Waals surface area contributed by atoms with Crippen LogP contribution in [0.25, 0.3) is 0 Å². The number of aliphatic hydroxyl groups is 1. The number of rotatable bonds is 70. The van der Waals surface area contributed by atoms with Gasteiger partial charge in [0.2, 0.25) is 0 Å². The van der Waals surface area contributed by atoms with Crippen molar-refractivity contribution in [2.75, 3.05) is 39.6 Å². The second-order valence-corrected chi connectivity index (χ2v) is 28.7. The largest absolute Gasteiger partial charge is 0.472 e. The summed E-state index contributed by atoms with van der Waals surface area (Å²) in [6.07, 6.45) is 49.7. The van der Waals surface area contributed by atoms with Crippen molar-refractivity contribution in [2.24, 2.45) is 5.92 Å². The van der Waals surface area contributed by atoms with Crippen molar-refractivity contribution < 1.29 is 80.2 Å². The van der Waals surface area contributed by atoms with Gasteiger partial charge in [-0.1, -0.05) is 311 Å². The Balaban J connectivity index is 5.23. The van der Waals surface area contributed by atoms with Crippen molar-refractivity contribution in [1.29, 1.82) is 0 Å². The van der Waals surface area contributed by atoms with Crippen LogP contribution in [-0.4, -0.2) is 96.7 Å². The number of carbonyl (C=O) groups excluding carboxylic acids is 4. The highest BCUT2D eigenvalue weighted by molar-refractivity contribution is 7.47. The fourth-order valence-corrected chi connectivity index (χ4v) is 12.2. The summed E-state index contributed by atoms with van der Waals surface area (Å²) in [5.74, 6) is -1.33. The molecule has 5 atom stereocenters. The Kier molecular flexibility index (Phi) is 62.1. The average molecular weight is 1310 g/mol. The van der Waals surface area contributed by atoms with Gasteiger partial charge in [-0.2, -0.15) is 0 Å². The van der Waals surface area contributed by atoms with Gasteiger partial charge in [0.25, 0.3) is 0 Å². The Hall–Kier alpha value is -1.94. The summed E-state index contributed by atoms with van der Waals surface area (Å²) >= 11 is 0. The summed E-state index contributed by atoms with van der Waals surface area (Å²) in [6.45, 7) is 7.26. The van der Waals surface area contributed by atoms with Crippen LogP contribution >= 0.6 is 15.6 Å². The zero-order valence-electron chi connectivity index (χ0n) is 57.6. The third-order valence-corrected chi connectivity index (χ3v) is 18.2. The van der Waals surface area contributed by atoms with E-state index >= 15 is 0 Å². The summed E-state index contributed by atoms with van der Waals surface area (Å²) in [6, 6.07) is 0. The summed E-state index contributed by atoms with van der Waals surface area (Å²) in [4.78, 5) is 72.5. The molecule has 528 valence electrons. The molecule has 0 aliphatic heterocycles. The number of esters is 4. The monoisotopic (exact) mass is 1310 g/mol. The lowest BCUT2D eigenvalue weighted by atomic mass is 10.0. The minimum absolute atomic E-state index is 0.107. The molecule has 0 saturated carbocycles. The summed E-state index contributed by atoms with van der Waals surface area (Å²) in [5.41, 5.74) is 0. The number of hydrogen-bond donors (Lipinski definition) is 3. The molecule has 0 spiro atoms. The van der Waals surface area contributed by atoms with E-state index in [0.29, 0.717) is 25.7 Å². The zero-order valence-corrected chi connectivity index (χ0v) is 59.4. The van der Waals surface area contributed by atoms with Crippen LogP contribution in [0.1, 0.15) is 362 Å². The van der Waals surface area contributed by atoms with Crippen molar-refractivity contribution in [3.63, 3.8) is 0 Å². The molecule has 19 heteroatoms. The molecule has 0 fully saturated rings. The first-order valence-corrected chi connectivity index (χ1v) is 39.6. The standard InChI is InChI=1S/C70H136O17P2/c1-6-9-12-15-18-21-27-33-38-43-48-53-67(72)80-59-65(86-69(74)55-50-45-40-35-29-23-20-17-14-11-8-3)61-84-88(76,77)82-57-64(71)58-83-89(78,79)85-62-66(60-81-68(73)54-49-44-39-34-28-22-19-16-13-10-7-2)87-70(75)56-51-46-41-36-31-26-24-25-30-32-37-42-47-52-63(4)5/h63-66,71H,6-62H2,1-5H3,(H,76,77)(H,78,79)/t64-,65+,66+/m0/s1. The van der Waals surface area contributed by atoms with E-state index in [1.165, 1.54) is 186 Å². The Bertz CT molecular complexity index is 1720. The number of aliphatic hydroxyl groups excluding tert-OH is 1. The smallest absolute Gasteiger partial charge is 0.462 e. The molecular weight excluding hydrogens is 1170 g/mol. The van der Waals surface area contributed by atoms with Gasteiger partial charge in [-0.25, -0.2) is 9.13 Å². The third-order valence-electron chi connectivity index (χ3n) is 16.3. The number of phosphoric ester groups is 2. The van der Waals surface area contributed by atoms with E-state index in [1.54, 1.807) is 0 Å². The van der Waals surface area contributed by atoms with Crippen LogP contribution in [0.5, 0.6) is 0 Å². The van der Waals surface area contributed by atoms with Gasteiger partial charge in [0.15, 0.2) is 12.2 Å². The van der Waals surface area contributed by atoms with E-state index in [0.717, 1.165) is 95.8 Å². The first kappa shape index (κ1) is 87.1. The number of ether oxygens (including phenoxy) is 4. The first-order chi connectivity index (χ1) is 43.0. The predicted octanol–water partition coefficient (Wildman–Crippen LogP) is 20.1. The summed E-state index contributed by atoms with van der Waals surface area (Å²) < 4.78 is 68.3. The van der Waals surface area contributed by atoms with Gasteiger partial charge in [0, 0.05) is 25.7 Å². The number of hydrogen-bond acceptors (Lipinski definition) is 15. The van der Waals surface area contributed by atoms with Crippen LogP contribution in [-0.2, 0) is 65.4 Å². The van der Waals surface area contributed by atoms with Crippen molar-refractivity contribution in [3.05, 3.63) is 0 Å². The topological polar surface area (TPSA) is 237 Å². The maximum atomic E-state index is 13.0. The molecule has 0 aliphatic rings. The highest BCUT2D eigenvalue weighted by Gasteiger charge is 2.30. The molecule has 17 nitrogen and oxygen atoms in total. The molecule has 0 bridgehead atoms. The van der Waals surface area contributed by atoms with Crippen molar-refractivity contribution in [2.45, 2.75) is 380 Å². The fourth-order valence-electron chi connectivity index (χ4n) is 10.6. The quantitative estimate of drug-likeness (QED) is 0.0222. The van der Waals surface area contributed by atoms with E-state index in [-0.39, 0.29) is 25.7 Å². The Morgan fingerprint density at radius 1 is 0.303 bits per heavy atom. The lowest BCUT2D eigenvalue weighted by molar-refractivity contribution is -0.161. The maximum absolute atomic E-state index is 13.0. The Labute approximate surface area is 543 Å². The molecule has 0 amide bonds. The SMILES string of the molecule is CCCCCCCCCCCCCC(=O)OC[C@H](COP(=O)(O)OC[C@H](O)COP(=O)(O)OC[C@@H](COC(=O)CCCCCCCCCCCCC)OC(=O)CCCCCCCCCCCCCCCC(C)C)OC(=O)CCCCCCCCCCCCC. The van der Waals surface area contributed by atoms with Gasteiger partial charge in [-0.05, 0) is 31.6 Å². The minimum Gasteiger partial charge on any atom is -0.462 e. The minimum atomic E-state index is -4.95. The van der Waals surface area contributed by atoms with Crippen molar-refractivity contribution >= 4 is 39.5 Å². The van der Waals surface area contributed by atoms with Gasteiger partial charge in [-0.3, -0.25) is 37.3 Å². The third kappa shape index (κ3) is 64.6. The number of phosphoric acid groups is 2. The normalized spacial score (nSPS) is 14.1. The van der Waals surface area contributed by atoms with E-state index in [2.05, 4.69) is 34.6 Å². The fraction of sp³-hybridized carbons (Fsp3) is 0.943. The van der Waals surface area contributed by atoms with E-state index < -0.39 is 97.5 Å². The zero-order chi connectivity index (χ0) is 65.6. The van der Waals surface area contributed by atoms with Crippen molar-refractivity contribution in [3.8, 4) is 0 Å². The molecule has 0 radical (unpaired) electrons. The Morgan fingerprint density at radius 2 is 0.517 bits per heavy atom. The second-order valence-electron chi connectivity index (χ2n) is 25.7. The summed E-state index contributed by atoms with van der Waals surface area (Å²) in [5, 5.41) is 10.6. The summed E-state index contributed by atoms with van der Waals surface area (Å²) in [7, 11) is -9.90. The maximum Gasteiger partial charge on any atom is 0.472 e. The van der Waals surface area contributed by atoms with Crippen LogP contribution in [0.4, 0.5) is 0 Å². The van der Waals surface area contributed by atoms with Gasteiger partial charge in [-0.15, -0.1) is 0 Å². The van der Waals surface area contributed by atoms with Gasteiger partial charge in [0.1, 0.15) is 19.3 Å². The number of carbonyl (C=O) groups is 4. The molecule has 0 aromatic heterocycles. The van der Waals surface area contributed by atoms with Gasteiger partial charge in [0.05, 0.1) is 26.4 Å². The molecule has 0 aromatic carbocycles. The van der Waals surface area contributed by atoms with Crippen LogP contribution in [0.2, 0.25) is 0 Å². The molecule has 0 heterocycles. The molecule has 3 N–H and O–H groups in total. The van der Waals surface area contributed by atoms with E-state index in [9.17, 15) is 43.2 Å². The highest BCUT2D eigenvalue weighted by Crippen LogP contribution is 2.45. The Morgan fingerprint density at radius 3 is 0.764 bits per heavy atom. The average Bonchev–Trinajstić information content (AvgIpc) is 3.68. The van der Waals surface area contributed by atoms with Gasteiger partial charge >= 0.3 is 39.5 Å². The lowest BCUT2D eigenvalue weighted by Crippen LogP contribution is -2.30. The highest BCUT2D eigenvalue weighted by atomic mass is 31.2. The molecule has 0 saturated heterocycles. The van der Waals surface area contributed by atoms with Crippen molar-refractivity contribution in [1.82, 2.24) is 0 Å². The van der Waals surface area contributed by atoms with E-state index in [4.69, 9.17) is 37.0 Å². The second kappa shape index (κ2) is 63.5. The molecule has 0 rings (SSSR count). The van der Waals surface area contributed by atoms with Crippen LogP contribution in [0.15, 0.2) is 0 Å². The van der Waals surface area contributed by atoms with Gasteiger partial charge < -0.3 is 33.8 Å². The predicted molar refractivity (Wildman–Crippen MR) is 358 cm³/mol. The molecule has 89 heavy (non-hydrogen) atoms. The van der Waals surface area contributed by atoms with Crippen LogP contribution < -0.4 is 0 Å².